The molecule has 0 aliphatic carbocycles. The van der Waals surface area contributed by atoms with E-state index in [0.717, 1.165) is 18.8 Å². The number of nitrogens with one attached hydrogen (secondary N) is 1. The zero-order chi connectivity index (χ0) is 12.4. The van der Waals surface area contributed by atoms with Crippen LogP contribution in [0.3, 0.4) is 0 Å². The lowest BCUT2D eigenvalue weighted by atomic mass is 10.1. The monoisotopic (exact) mass is 244 g/mol. The minimum atomic E-state index is 0.210. The fourth-order valence-corrected chi connectivity index (χ4v) is 2.35. The van der Waals surface area contributed by atoms with Crippen LogP contribution < -0.4 is 5.32 Å². The summed E-state index contributed by atoms with van der Waals surface area (Å²) in [5.41, 5.74) is 2.53. The molecule has 0 saturated carbocycles. The van der Waals surface area contributed by atoms with Crippen LogP contribution in [0.2, 0.25) is 0 Å². The molecular weight excluding hydrogens is 228 g/mol. The summed E-state index contributed by atoms with van der Waals surface area (Å²) in [6.07, 6.45) is 2.72. The molecule has 1 aromatic carbocycles. The van der Waals surface area contributed by atoms with Gasteiger partial charge in [-0.15, -0.1) is 10.2 Å². The highest BCUT2D eigenvalue weighted by atomic mass is 16.5. The van der Waals surface area contributed by atoms with Crippen LogP contribution in [0.15, 0.2) is 30.6 Å². The molecule has 1 aliphatic rings. The smallest absolute Gasteiger partial charge is 0.155 e. The molecule has 0 saturated heterocycles. The maximum absolute atomic E-state index is 5.10. The normalized spacial score (nSPS) is 17.5. The molecule has 2 heterocycles. The number of hydrogen-bond donors (Lipinski definition) is 1. The van der Waals surface area contributed by atoms with Crippen molar-refractivity contribution in [3.05, 3.63) is 42.0 Å². The number of ether oxygens (including phenoxy) is 1. The van der Waals surface area contributed by atoms with E-state index in [2.05, 4.69) is 33.7 Å². The number of benzene rings is 1. The third kappa shape index (κ3) is 1.97. The van der Waals surface area contributed by atoms with Crippen LogP contribution in [0.5, 0.6) is 0 Å². The van der Waals surface area contributed by atoms with Crippen molar-refractivity contribution in [3.8, 4) is 0 Å². The largest absolute Gasteiger partial charge is 0.383 e. The van der Waals surface area contributed by atoms with Gasteiger partial charge in [0.15, 0.2) is 5.82 Å². The van der Waals surface area contributed by atoms with E-state index in [1.165, 1.54) is 11.3 Å². The molecule has 3 rings (SSSR count). The van der Waals surface area contributed by atoms with Crippen molar-refractivity contribution >= 4 is 5.69 Å². The molecule has 1 atom stereocenters. The number of nitrogens with zero attached hydrogens (tertiary/aromatic N) is 3. The molecule has 0 bridgehead atoms. The van der Waals surface area contributed by atoms with E-state index in [-0.39, 0.29) is 6.04 Å². The lowest BCUT2D eigenvalue weighted by Crippen LogP contribution is -2.15. The summed E-state index contributed by atoms with van der Waals surface area (Å²) in [4.78, 5) is 0. The first-order valence-corrected chi connectivity index (χ1v) is 6.09. The quantitative estimate of drug-likeness (QED) is 0.888. The third-order valence-electron chi connectivity index (χ3n) is 3.26. The highest BCUT2D eigenvalue weighted by Crippen LogP contribution is 2.32. The Kier molecular flexibility index (Phi) is 2.98. The Morgan fingerprint density at radius 3 is 3.17 bits per heavy atom. The molecular formula is C13H16N4O. The van der Waals surface area contributed by atoms with Crippen LogP contribution in [-0.4, -0.2) is 28.5 Å². The molecule has 0 radical (unpaired) electrons. The second-order valence-corrected chi connectivity index (χ2v) is 4.43. The molecule has 0 fully saturated rings. The average molecular weight is 244 g/mol. The van der Waals surface area contributed by atoms with Crippen LogP contribution in [0.1, 0.15) is 17.4 Å². The first-order chi connectivity index (χ1) is 8.88. The predicted molar refractivity (Wildman–Crippen MR) is 68.4 cm³/mol. The fraction of sp³-hybridized carbons (Fsp3) is 0.385. The van der Waals surface area contributed by atoms with Crippen molar-refractivity contribution in [3.63, 3.8) is 0 Å². The minimum Gasteiger partial charge on any atom is -0.383 e. The van der Waals surface area contributed by atoms with Crippen molar-refractivity contribution in [2.24, 2.45) is 0 Å². The van der Waals surface area contributed by atoms with Gasteiger partial charge in [0.25, 0.3) is 0 Å². The summed E-state index contributed by atoms with van der Waals surface area (Å²) < 4.78 is 7.15. The third-order valence-corrected chi connectivity index (χ3v) is 3.26. The van der Waals surface area contributed by atoms with Gasteiger partial charge in [0.2, 0.25) is 0 Å². The number of para-hydroxylation sites is 1. The van der Waals surface area contributed by atoms with Gasteiger partial charge in [-0.2, -0.15) is 0 Å². The summed E-state index contributed by atoms with van der Waals surface area (Å²) in [7, 11) is 1.70. The lowest BCUT2D eigenvalue weighted by molar-refractivity contribution is 0.186. The lowest BCUT2D eigenvalue weighted by Gasteiger charge is -2.12. The maximum atomic E-state index is 5.10. The fourth-order valence-electron chi connectivity index (χ4n) is 2.35. The van der Waals surface area contributed by atoms with Gasteiger partial charge in [0.05, 0.1) is 12.6 Å². The second kappa shape index (κ2) is 4.78. The Morgan fingerprint density at radius 2 is 2.33 bits per heavy atom. The predicted octanol–water partition coefficient (Wildman–Crippen LogP) is 1.63. The summed E-state index contributed by atoms with van der Waals surface area (Å²) in [6, 6.07) is 8.58. The number of aromatic nitrogens is 3. The van der Waals surface area contributed by atoms with Crippen LogP contribution in [0.4, 0.5) is 5.69 Å². The van der Waals surface area contributed by atoms with Gasteiger partial charge in [0, 0.05) is 25.8 Å². The molecule has 1 unspecified atom stereocenters. The van der Waals surface area contributed by atoms with Gasteiger partial charge >= 0.3 is 0 Å². The van der Waals surface area contributed by atoms with Gasteiger partial charge < -0.3 is 14.6 Å². The van der Waals surface area contributed by atoms with E-state index in [1.807, 2.05) is 10.6 Å². The highest BCUT2D eigenvalue weighted by molar-refractivity contribution is 5.57. The summed E-state index contributed by atoms with van der Waals surface area (Å²) in [5.74, 6) is 0.975. The Hall–Kier alpha value is -1.88. The number of anilines is 1. The zero-order valence-electron chi connectivity index (χ0n) is 10.3. The molecule has 5 nitrogen and oxygen atoms in total. The Morgan fingerprint density at radius 1 is 1.44 bits per heavy atom. The van der Waals surface area contributed by atoms with E-state index in [9.17, 15) is 0 Å². The molecule has 18 heavy (non-hydrogen) atoms. The number of fused-ring (bicyclic) bond motifs is 1. The molecule has 1 aromatic heterocycles. The first kappa shape index (κ1) is 11.2. The van der Waals surface area contributed by atoms with Crippen molar-refractivity contribution in [2.45, 2.75) is 19.0 Å². The molecule has 1 N–H and O–H groups in total. The Bertz CT molecular complexity index is 512. The SMILES string of the molecule is COCCn1cnnc1C1Cc2ccccc2N1. The van der Waals surface area contributed by atoms with E-state index < -0.39 is 0 Å². The van der Waals surface area contributed by atoms with E-state index >= 15 is 0 Å². The zero-order valence-corrected chi connectivity index (χ0v) is 10.3. The molecule has 0 spiro atoms. The van der Waals surface area contributed by atoms with Crippen LogP contribution in [0, 0.1) is 0 Å². The van der Waals surface area contributed by atoms with Crippen molar-refractivity contribution < 1.29 is 4.74 Å². The van der Waals surface area contributed by atoms with E-state index in [4.69, 9.17) is 4.74 Å². The van der Waals surface area contributed by atoms with Crippen molar-refractivity contribution in [1.82, 2.24) is 14.8 Å². The number of methoxy groups -OCH3 is 1. The van der Waals surface area contributed by atoms with Crippen LogP contribution in [-0.2, 0) is 17.7 Å². The molecule has 2 aromatic rings. The van der Waals surface area contributed by atoms with Crippen molar-refractivity contribution in [2.75, 3.05) is 19.0 Å². The Labute approximate surface area is 106 Å². The summed E-state index contributed by atoms with van der Waals surface area (Å²) in [5, 5.41) is 11.7. The summed E-state index contributed by atoms with van der Waals surface area (Å²) in [6.45, 7) is 1.46. The number of rotatable bonds is 4. The maximum Gasteiger partial charge on any atom is 0.155 e. The van der Waals surface area contributed by atoms with Crippen LogP contribution >= 0.6 is 0 Å². The topological polar surface area (TPSA) is 52.0 Å². The minimum absolute atomic E-state index is 0.210. The van der Waals surface area contributed by atoms with Gasteiger partial charge in [-0.3, -0.25) is 0 Å². The first-order valence-electron chi connectivity index (χ1n) is 6.09. The number of hydrogen-bond acceptors (Lipinski definition) is 4. The summed E-state index contributed by atoms with van der Waals surface area (Å²) >= 11 is 0. The van der Waals surface area contributed by atoms with E-state index in [1.54, 1.807) is 13.4 Å². The Balaban J connectivity index is 1.80. The highest BCUT2D eigenvalue weighted by Gasteiger charge is 2.25. The van der Waals surface area contributed by atoms with Gasteiger partial charge in [0.1, 0.15) is 6.33 Å². The van der Waals surface area contributed by atoms with Crippen LogP contribution in [0.25, 0.3) is 0 Å². The van der Waals surface area contributed by atoms with Gasteiger partial charge in [-0.25, -0.2) is 0 Å². The molecule has 5 heteroatoms. The second-order valence-electron chi connectivity index (χ2n) is 4.43. The van der Waals surface area contributed by atoms with Gasteiger partial charge in [-0.05, 0) is 11.6 Å². The standard InChI is InChI=1S/C13H16N4O/c1-18-7-6-17-9-14-16-13(17)12-8-10-4-2-3-5-11(10)15-12/h2-5,9,12,15H,6-8H2,1H3. The molecule has 1 aliphatic heterocycles. The van der Waals surface area contributed by atoms with Crippen molar-refractivity contribution in [1.29, 1.82) is 0 Å². The molecule has 0 amide bonds. The molecule has 94 valence electrons. The average Bonchev–Trinajstić information content (AvgIpc) is 3.01. The van der Waals surface area contributed by atoms with Gasteiger partial charge in [-0.1, -0.05) is 18.2 Å². The van der Waals surface area contributed by atoms with E-state index in [0.29, 0.717) is 6.61 Å².